The Bertz CT molecular complexity index is 798. The molecule has 3 aromatic rings. The van der Waals surface area contributed by atoms with Crippen molar-refractivity contribution in [2.24, 2.45) is 0 Å². The number of carbonyl (C=O) groups is 1. The number of benzene rings is 2. The lowest BCUT2D eigenvalue weighted by atomic mass is 10.0. The normalized spacial score (nSPS) is 11.0. The molecule has 0 N–H and O–H groups in total. The summed E-state index contributed by atoms with van der Waals surface area (Å²) in [5.41, 5.74) is 3.29. The largest absolute Gasteiger partial charge is 0.294 e. The lowest BCUT2D eigenvalue weighted by Gasteiger charge is -2.02. The summed E-state index contributed by atoms with van der Waals surface area (Å²) < 4.78 is 1.31. The first kappa shape index (κ1) is 14.0. The highest BCUT2D eigenvalue weighted by Crippen LogP contribution is 2.31. The van der Waals surface area contributed by atoms with E-state index in [1.165, 1.54) is 20.5 Å². The van der Waals surface area contributed by atoms with Gasteiger partial charge in [-0.3, -0.25) is 4.79 Å². The molecular formula is C19H18OS. The maximum Gasteiger partial charge on any atom is 0.163 e. The zero-order valence-corrected chi connectivity index (χ0v) is 13.2. The zero-order chi connectivity index (χ0) is 14.8. The highest BCUT2D eigenvalue weighted by Gasteiger charge is 2.11. The lowest BCUT2D eigenvalue weighted by molar-refractivity contribution is 0.0983. The van der Waals surface area contributed by atoms with Crippen molar-refractivity contribution in [3.8, 4) is 0 Å². The van der Waals surface area contributed by atoms with Gasteiger partial charge in [0.2, 0.25) is 0 Å². The van der Waals surface area contributed by atoms with E-state index in [-0.39, 0.29) is 5.78 Å². The molecule has 0 spiro atoms. The van der Waals surface area contributed by atoms with Gasteiger partial charge in [0.05, 0.1) is 0 Å². The van der Waals surface area contributed by atoms with Crippen LogP contribution in [0.2, 0.25) is 0 Å². The van der Waals surface area contributed by atoms with Crippen LogP contribution in [-0.4, -0.2) is 5.78 Å². The van der Waals surface area contributed by atoms with E-state index < -0.39 is 0 Å². The first-order valence-corrected chi connectivity index (χ1v) is 8.03. The number of aryl methyl sites for hydroxylation is 3. The molecule has 2 aromatic carbocycles. The summed E-state index contributed by atoms with van der Waals surface area (Å²) in [5, 5.41) is 1.32. The summed E-state index contributed by atoms with van der Waals surface area (Å²) in [6, 6.07) is 16.3. The van der Waals surface area contributed by atoms with Gasteiger partial charge in [0.1, 0.15) is 0 Å². The van der Waals surface area contributed by atoms with Crippen LogP contribution in [0.3, 0.4) is 0 Å². The van der Waals surface area contributed by atoms with Crippen molar-refractivity contribution in [1.82, 2.24) is 0 Å². The Morgan fingerprint density at radius 1 is 1.05 bits per heavy atom. The van der Waals surface area contributed by atoms with Crippen molar-refractivity contribution >= 4 is 27.2 Å². The molecule has 0 radical (unpaired) electrons. The molecule has 0 unspecified atom stereocenters. The summed E-state index contributed by atoms with van der Waals surface area (Å²) in [7, 11) is 0. The predicted octanol–water partition coefficient (Wildman–Crippen LogP) is 5.33. The Hall–Kier alpha value is -1.93. The van der Waals surface area contributed by atoms with Crippen LogP contribution in [0.25, 0.3) is 10.1 Å². The fraction of sp³-hybridized carbons (Fsp3) is 0.211. The van der Waals surface area contributed by atoms with Gasteiger partial charge in [0.25, 0.3) is 0 Å². The molecule has 1 heterocycles. The molecule has 0 bridgehead atoms. The van der Waals surface area contributed by atoms with E-state index in [4.69, 9.17) is 0 Å². The summed E-state index contributed by atoms with van der Waals surface area (Å²) in [6.45, 7) is 4.18. The molecular weight excluding hydrogens is 276 g/mol. The number of carbonyl (C=O) groups excluding carboxylic acids is 1. The van der Waals surface area contributed by atoms with Crippen molar-refractivity contribution < 1.29 is 4.79 Å². The number of hydrogen-bond acceptors (Lipinski definition) is 2. The van der Waals surface area contributed by atoms with Gasteiger partial charge >= 0.3 is 0 Å². The Morgan fingerprint density at radius 2 is 1.86 bits per heavy atom. The fourth-order valence-electron chi connectivity index (χ4n) is 2.65. The Balaban J connectivity index is 1.77. The van der Waals surface area contributed by atoms with Crippen LogP contribution in [-0.2, 0) is 6.42 Å². The van der Waals surface area contributed by atoms with Crippen molar-refractivity contribution in [2.75, 3.05) is 0 Å². The second kappa shape index (κ2) is 5.82. The molecule has 2 heteroatoms. The SMILES string of the molecule is Cc1cccc(C(=O)CCc2sc3ccccc3c2C)c1. The number of hydrogen-bond donors (Lipinski definition) is 0. The van der Waals surface area contributed by atoms with E-state index in [0.29, 0.717) is 6.42 Å². The third-order valence-electron chi connectivity index (χ3n) is 3.86. The van der Waals surface area contributed by atoms with Gasteiger partial charge in [0.15, 0.2) is 5.78 Å². The summed E-state index contributed by atoms with van der Waals surface area (Å²) >= 11 is 1.81. The molecule has 0 saturated carbocycles. The maximum absolute atomic E-state index is 12.3. The van der Waals surface area contributed by atoms with Crippen LogP contribution in [0, 0.1) is 13.8 Å². The summed E-state index contributed by atoms with van der Waals surface area (Å²) in [5.74, 6) is 0.232. The van der Waals surface area contributed by atoms with E-state index >= 15 is 0 Å². The summed E-state index contributed by atoms with van der Waals surface area (Å²) in [6.07, 6.45) is 1.41. The average Bonchev–Trinajstić information content (AvgIpc) is 2.82. The van der Waals surface area contributed by atoms with E-state index in [1.807, 2.05) is 42.5 Å². The van der Waals surface area contributed by atoms with Crippen LogP contribution in [0.1, 0.15) is 32.8 Å². The molecule has 21 heavy (non-hydrogen) atoms. The van der Waals surface area contributed by atoms with Gasteiger partial charge in [-0.2, -0.15) is 0 Å². The van der Waals surface area contributed by atoms with Crippen molar-refractivity contribution in [2.45, 2.75) is 26.7 Å². The van der Waals surface area contributed by atoms with Gasteiger partial charge in [-0.05, 0) is 43.4 Å². The number of Topliss-reactive ketones (excluding diaryl/α,β-unsaturated/α-hetero) is 1. The van der Waals surface area contributed by atoms with Gasteiger partial charge in [0, 0.05) is 21.6 Å². The van der Waals surface area contributed by atoms with Crippen LogP contribution in [0.15, 0.2) is 48.5 Å². The molecule has 3 rings (SSSR count). The van der Waals surface area contributed by atoms with Crippen LogP contribution in [0.5, 0.6) is 0 Å². The molecule has 1 aromatic heterocycles. The van der Waals surface area contributed by atoms with E-state index in [2.05, 4.69) is 31.2 Å². The quantitative estimate of drug-likeness (QED) is 0.594. The standard InChI is InChI=1S/C19H18OS/c1-13-6-5-7-15(12-13)17(20)10-11-18-14(2)16-8-3-4-9-19(16)21-18/h3-9,12H,10-11H2,1-2H3. The van der Waals surface area contributed by atoms with Gasteiger partial charge in [-0.25, -0.2) is 0 Å². The van der Waals surface area contributed by atoms with Gasteiger partial charge in [-0.15, -0.1) is 11.3 Å². The molecule has 0 aliphatic rings. The molecule has 106 valence electrons. The van der Waals surface area contributed by atoms with E-state index in [1.54, 1.807) is 0 Å². The summed E-state index contributed by atoms with van der Waals surface area (Å²) in [4.78, 5) is 13.6. The molecule has 0 aliphatic carbocycles. The number of rotatable bonds is 4. The molecule has 0 saturated heterocycles. The topological polar surface area (TPSA) is 17.1 Å². The molecule has 0 fully saturated rings. The Labute approximate surface area is 129 Å². The first-order chi connectivity index (χ1) is 10.1. The second-order valence-electron chi connectivity index (χ2n) is 5.44. The fourth-order valence-corrected chi connectivity index (χ4v) is 3.86. The van der Waals surface area contributed by atoms with Crippen LogP contribution >= 0.6 is 11.3 Å². The Kier molecular flexibility index (Phi) is 3.89. The first-order valence-electron chi connectivity index (χ1n) is 7.22. The van der Waals surface area contributed by atoms with Crippen molar-refractivity contribution in [3.05, 3.63) is 70.1 Å². The van der Waals surface area contributed by atoms with E-state index in [0.717, 1.165) is 17.5 Å². The third kappa shape index (κ3) is 2.91. The second-order valence-corrected chi connectivity index (χ2v) is 6.58. The maximum atomic E-state index is 12.3. The Morgan fingerprint density at radius 3 is 2.62 bits per heavy atom. The van der Waals surface area contributed by atoms with Crippen molar-refractivity contribution in [3.63, 3.8) is 0 Å². The van der Waals surface area contributed by atoms with Gasteiger partial charge < -0.3 is 0 Å². The highest BCUT2D eigenvalue weighted by atomic mass is 32.1. The average molecular weight is 294 g/mol. The van der Waals surface area contributed by atoms with Crippen LogP contribution in [0.4, 0.5) is 0 Å². The monoisotopic (exact) mass is 294 g/mol. The molecule has 1 nitrogen and oxygen atoms in total. The van der Waals surface area contributed by atoms with Crippen LogP contribution < -0.4 is 0 Å². The molecule has 0 amide bonds. The number of ketones is 1. The predicted molar refractivity (Wildman–Crippen MR) is 90.4 cm³/mol. The molecule has 0 aliphatic heterocycles. The smallest absolute Gasteiger partial charge is 0.163 e. The number of fused-ring (bicyclic) bond motifs is 1. The highest BCUT2D eigenvalue weighted by molar-refractivity contribution is 7.19. The van der Waals surface area contributed by atoms with E-state index in [9.17, 15) is 4.79 Å². The zero-order valence-electron chi connectivity index (χ0n) is 12.3. The minimum Gasteiger partial charge on any atom is -0.294 e. The minimum atomic E-state index is 0.232. The lowest BCUT2D eigenvalue weighted by Crippen LogP contribution is -2.01. The third-order valence-corrected chi connectivity index (χ3v) is 5.19. The molecule has 0 atom stereocenters. The number of thiophene rings is 1. The van der Waals surface area contributed by atoms with Crippen molar-refractivity contribution in [1.29, 1.82) is 0 Å². The van der Waals surface area contributed by atoms with Gasteiger partial charge in [-0.1, -0.05) is 42.0 Å². The minimum absolute atomic E-state index is 0.232.